The Labute approximate surface area is 145 Å². The Morgan fingerprint density at radius 2 is 2.00 bits per heavy atom. The summed E-state index contributed by atoms with van der Waals surface area (Å²) in [5.41, 5.74) is 1.05. The Hall–Kier alpha value is -1.84. The summed E-state index contributed by atoms with van der Waals surface area (Å²) in [7, 11) is 0. The van der Waals surface area contributed by atoms with Crippen LogP contribution in [0.4, 0.5) is 5.69 Å². The van der Waals surface area contributed by atoms with E-state index < -0.39 is 6.10 Å². The number of nitrogens with one attached hydrogen (secondary N) is 1. The summed E-state index contributed by atoms with van der Waals surface area (Å²) >= 11 is 6.74. The van der Waals surface area contributed by atoms with Crippen LogP contribution < -0.4 is 10.1 Å². The van der Waals surface area contributed by atoms with Gasteiger partial charge in [-0.1, -0.05) is 28.1 Å². The van der Waals surface area contributed by atoms with E-state index in [2.05, 4.69) is 37.2 Å². The zero-order chi connectivity index (χ0) is 16.1. The maximum absolute atomic E-state index is 12.2. The van der Waals surface area contributed by atoms with Crippen LogP contribution in [0.5, 0.6) is 5.75 Å². The number of amides is 1. The highest BCUT2D eigenvalue weighted by Crippen LogP contribution is 2.26. The molecule has 0 fully saturated rings. The van der Waals surface area contributed by atoms with Crippen molar-refractivity contribution < 1.29 is 9.53 Å². The van der Waals surface area contributed by atoms with Crippen molar-refractivity contribution in [3.8, 4) is 11.8 Å². The van der Waals surface area contributed by atoms with E-state index in [1.54, 1.807) is 37.3 Å². The van der Waals surface area contributed by atoms with Crippen molar-refractivity contribution in [1.82, 2.24) is 0 Å². The minimum Gasteiger partial charge on any atom is -0.480 e. The SMILES string of the molecule is CC(Oc1ccccc1C#N)C(=O)Nc1ccc(Br)cc1Br. The Bertz CT molecular complexity index is 741. The molecule has 0 spiro atoms. The molecule has 0 radical (unpaired) electrons. The molecule has 1 atom stereocenters. The van der Waals surface area contributed by atoms with Crippen LogP contribution in [0, 0.1) is 11.3 Å². The number of carbonyl (C=O) groups excluding carboxylic acids is 1. The minimum atomic E-state index is -0.731. The number of hydrogen-bond donors (Lipinski definition) is 1. The summed E-state index contributed by atoms with van der Waals surface area (Å²) in [6.07, 6.45) is -0.731. The first-order valence-electron chi connectivity index (χ1n) is 6.43. The van der Waals surface area contributed by atoms with Crippen LogP contribution in [0.1, 0.15) is 12.5 Å². The van der Waals surface area contributed by atoms with Gasteiger partial charge in [-0.3, -0.25) is 4.79 Å². The lowest BCUT2D eigenvalue weighted by Gasteiger charge is -2.16. The summed E-state index contributed by atoms with van der Waals surface area (Å²) in [6, 6.07) is 14.3. The van der Waals surface area contributed by atoms with Gasteiger partial charge in [0, 0.05) is 8.95 Å². The molecule has 0 saturated carbocycles. The van der Waals surface area contributed by atoms with Crippen molar-refractivity contribution in [2.45, 2.75) is 13.0 Å². The molecule has 2 aromatic rings. The van der Waals surface area contributed by atoms with Crippen LogP contribution in [0.25, 0.3) is 0 Å². The topological polar surface area (TPSA) is 62.1 Å². The summed E-state index contributed by atoms with van der Waals surface area (Å²) in [5.74, 6) is 0.0956. The second-order valence-electron chi connectivity index (χ2n) is 4.48. The van der Waals surface area contributed by atoms with Gasteiger partial charge in [0.05, 0.1) is 11.3 Å². The third kappa shape index (κ3) is 4.09. The number of halogens is 2. The molecule has 1 N–H and O–H groups in total. The van der Waals surface area contributed by atoms with Crippen molar-refractivity contribution in [2.75, 3.05) is 5.32 Å². The smallest absolute Gasteiger partial charge is 0.265 e. The fourth-order valence-corrected chi connectivity index (χ4v) is 2.88. The molecule has 1 amide bonds. The van der Waals surface area contributed by atoms with E-state index in [0.29, 0.717) is 17.0 Å². The fourth-order valence-electron chi connectivity index (χ4n) is 1.73. The highest BCUT2D eigenvalue weighted by atomic mass is 79.9. The van der Waals surface area contributed by atoms with Crippen LogP contribution >= 0.6 is 31.9 Å². The second kappa shape index (κ2) is 7.43. The van der Waals surface area contributed by atoms with Gasteiger partial charge in [0.25, 0.3) is 5.91 Å². The van der Waals surface area contributed by atoms with Gasteiger partial charge in [0.15, 0.2) is 6.10 Å². The zero-order valence-electron chi connectivity index (χ0n) is 11.6. The van der Waals surface area contributed by atoms with Crippen LogP contribution in [-0.4, -0.2) is 12.0 Å². The number of para-hydroxylation sites is 1. The molecule has 0 aliphatic carbocycles. The first-order valence-corrected chi connectivity index (χ1v) is 8.01. The van der Waals surface area contributed by atoms with Gasteiger partial charge in [-0.15, -0.1) is 0 Å². The molecule has 22 heavy (non-hydrogen) atoms. The molecule has 0 heterocycles. The monoisotopic (exact) mass is 422 g/mol. The standard InChI is InChI=1S/C16H12Br2N2O2/c1-10(22-15-5-3-2-4-11(15)9-19)16(21)20-14-7-6-12(17)8-13(14)18/h2-8,10H,1H3,(H,20,21). The van der Waals surface area contributed by atoms with E-state index in [0.717, 1.165) is 8.95 Å². The van der Waals surface area contributed by atoms with Crippen molar-refractivity contribution in [3.63, 3.8) is 0 Å². The molecule has 0 aliphatic heterocycles. The zero-order valence-corrected chi connectivity index (χ0v) is 14.8. The Balaban J connectivity index is 2.08. The van der Waals surface area contributed by atoms with Crippen LogP contribution in [0.3, 0.4) is 0 Å². The van der Waals surface area contributed by atoms with Crippen molar-refractivity contribution in [3.05, 3.63) is 57.0 Å². The molecule has 0 aromatic heterocycles. The Morgan fingerprint density at radius 3 is 2.68 bits per heavy atom. The van der Waals surface area contributed by atoms with E-state index in [9.17, 15) is 4.79 Å². The van der Waals surface area contributed by atoms with Gasteiger partial charge in [0.2, 0.25) is 0 Å². The average Bonchev–Trinajstić information content (AvgIpc) is 2.50. The minimum absolute atomic E-state index is 0.296. The second-order valence-corrected chi connectivity index (χ2v) is 6.25. The molecule has 0 bridgehead atoms. The first-order chi connectivity index (χ1) is 10.5. The highest BCUT2D eigenvalue weighted by Gasteiger charge is 2.17. The van der Waals surface area contributed by atoms with Gasteiger partial charge in [-0.05, 0) is 53.2 Å². The normalized spacial score (nSPS) is 11.4. The van der Waals surface area contributed by atoms with E-state index >= 15 is 0 Å². The number of hydrogen-bond acceptors (Lipinski definition) is 3. The number of carbonyl (C=O) groups is 1. The molecule has 1 unspecified atom stereocenters. The highest BCUT2D eigenvalue weighted by molar-refractivity contribution is 9.11. The lowest BCUT2D eigenvalue weighted by Crippen LogP contribution is -2.30. The van der Waals surface area contributed by atoms with Crippen molar-refractivity contribution >= 4 is 43.5 Å². The number of nitriles is 1. The lowest BCUT2D eigenvalue weighted by molar-refractivity contribution is -0.122. The van der Waals surface area contributed by atoms with E-state index in [1.165, 1.54) is 0 Å². The summed E-state index contributed by atoms with van der Waals surface area (Å²) in [4.78, 5) is 12.2. The van der Waals surface area contributed by atoms with Gasteiger partial charge >= 0.3 is 0 Å². The van der Waals surface area contributed by atoms with Crippen LogP contribution in [0.15, 0.2) is 51.4 Å². The van der Waals surface area contributed by atoms with E-state index in [4.69, 9.17) is 10.00 Å². The Morgan fingerprint density at radius 1 is 1.27 bits per heavy atom. The fraction of sp³-hybridized carbons (Fsp3) is 0.125. The number of rotatable bonds is 4. The number of anilines is 1. The maximum Gasteiger partial charge on any atom is 0.265 e. The average molecular weight is 424 g/mol. The molecule has 0 aliphatic rings. The maximum atomic E-state index is 12.2. The predicted octanol–water partition coefficient (Wildman–Crippen LogP) is 4.49. The van der Waals surface area contributed by atoms with Crippen molar-refractivity contribution in [2.24, 2.45) is 0 Å². The number of benzene rings is 2. The van der Waals surface area contributed by atoms with Gasteiger partial charge in [-0.25, -0.2) is 0 Å². The lowest BCUT2D eigenvalue weighted by atomic mass is 10.2. The summed E-state index contributed by atoms with van der Waals surface area (Å²) < 4.78 is 7.25. The Kier molecular flexibility index (Phi) is 5.58. The molecule has 2 rings (SSSR count). The summed E-state index contributed by atoms with van der Waals surface area (Å²) in [6.45, 7) is 1.64. The van der Waals surface area contributed by atoms with Crippen LogP contribution in [0.2, 0.25) is 0 Å². The molecule has 6 heteroatoms. The molecule has 0 saturated heterocycles. The van der Waals surface area contributed by atoms with E-state index in [-0.39, 0.29) is 5.91 Å². The van der Waals surface area contributed by atoms with Crippen LogP contribution in [-0.2, 0) is 4.79 Å². The molecular formula is C16H12Br2N2O2. The third-order valence-electron chi connectivity index (χ3n) is 2.87. The largest absolute Gasteiger partial charge is 0.480 e. The molecular weight excluding hydrogens is 412 g/mol. The molecule has 112 valence electrons. The molecule has 4 nitrogen and oxygen atoms in total. The summed E-state index contributed by atoms with van der Waals surface area (Å²) in [5, 5.41) is 11.8. The number of ether oxygens (including phenoxy) is 1. The molecule has 2 aromatic carbocycles. The first kappa shape index (κ1) is 16.5. The quantitative estimate of drug-likeness (QED) is 0.787. The number of nitrogens with zero attached hydrogens (tertiary/aromatic N) is 1. The van der Waals surface area contributed by atoms with Gasteiger partial charge < -0.3 is 10.1 Å². The van der Waals surface area contributed by atoms with Gasteiger partial charge in [-0.2, -0.15) is 5.26 Å². The third-order valence-corrected chi connectivity index (χ3v) is 4.02. The predicted molar refractivity (Wildman–Crippen MR) is 91.7 cm³/mol. The van der Waals surface area contributed by atoms with E-state index in [1.807, 2.05) is 18.2 Å². The van der Waals surface area contributed by atoms with Gasteiger partial charge in [0.1, 0.15) is 11.8 Å². The van der Waals surface area contributed by atoms with Crippen molar-refractivity contribution in [1.29, 1.82) is 5.26 Å².